The van der Waals surface area contributed by atoms with Crippen molar-refractivity contribution >= 4 is 0 Å². The van der Waals surface area contributed by atoms with Crippen LogP contribution in [0, 0.1) is 5.41 Å². The predicted octanol–water partition coefficient (Wildman–Crippen LogP) is 3.03. The lowest BCUT2D eigenvalue weighted by molar-refractivity contribution is 0.0634. The van der Waals surface area contributed by atoms with Gasteiger partial charge in [0, 0.05) is 18.1 Å². The maximum absolute atomic E-state index is 3.73. The van der Waals surface area contributed by atoms with Crippen molar-refractivity contribution in [3.8, 4) is 0 Å². The molecule has 2 unspecified atom stereocenters. The molecule has 2 heteroatoms. The average molecular weight is 238 g/mol. The van der Waals surface area contributed by atoms with Crippen LogP contribution in [-0.2, 0) is 0 Å². The van der Waals surface area contributed by atoms with Crippen LogP contribution in [-0.4, -0.2) is 36.1 Å². The van der Waals surface area contributed by atoms with Crippen LogP contribution >= 0.6 is 0 Å². The maximum atomic E-state index is 3.73. The van der Waals surface area contributed by atoms with Gasteiger partial charge in [0.15, 0.2) is 0 Å². The van der Waals surface area contributed by atoms with E-state index in [9.17, 15) is 0 Å². The second kappa shape index (κ2) is 5.27. The van der Waals surface area contributed by atoms with E-state index in [0.717, 1.165) is 24.7 Å². The zero-order valence-electron chi connectivity index (χ0n) is 12.1. The van der Waals surface area contributed by atoms with Crippen molar-refractivity contribution in [2.75, 3.05) is 13.1 Å². The summed E-state index contributed by atoms with van der Waals surface area (Å²) >= 11 is 0. The lowest BCUT2D eigenvalue weighted by atomic mass is 9.72. The lowest BCUT2D eigenvalue weighted by Gasteiger charge is -2.46. The molecule has 0 aromatic rings. The highest BCUT2D eigenvalue weighted by atomic mass is 15.2. The molecule has 0 bridgehead atoms. The van der Waals surface area contributed by atoms with Crippen LogP contribution in [0.4, 0.5) is 0 Å². The van der Waals surface area contributed by atoms with E-state index < -0.39 is 0 Å². The fourth-order valence-electron chi connectivity index (χ4n) is 3.57. The van der Waals surface area contributed by atoms with Crippen LogP contribution in [0.25, 0.3) is 0 Å². The Kier molecular flexibility index (Phi) is 4.14. The molecular formula is C15H30N2. The van der Waals surface area contributed by atoms with Gasteiger partial charge in [-0.1, -0.05) is 27.7 Å². The van der Waals surface area contributed by atoms with Crippen LogP contribution in [0.5, 0.6) is 0 Å². The number of hydrogen-bond acceptors (Lipinski definition) is 2. The SMILES string of the molecule is CCNC1CCC(C)(C)CC1N(CC)C1CC1. The Morgan fingerprint density at radius 3 is 2.41 bits per heavy atom. The van der Waals surface area contributed by atoms with Gasteiger partial charge in [0.1, 0.15) is 0 Å². The van der Waals surface area contributed by atoms with E-state index in [1.807, 2.05) is 0 Å². The van der Waals surface area contributed by atoms with Crippen molar-refractivity contribution in [3.05, 3.63) is 0 Å². The summed E-state index contributed by atoms with van der Waals surface area (Å²) in [6.07, 6.45) is 6.97. The van der Waals surface area contributed by atoms with Crippen LogP contribution in [0.3, 0.4) is 0 Å². The lowest BCUT2D eigenvalue weighted by Crippen LogP contribution is -2.55. The molecule has 0 aromatic heterocycles. The van der Waals surface area contributed by atoms with E-state index in [-0.39, 0.29) is 0 Å². The quantitative estimate of drug-likeness (QED) is 0.792. The number of nitrogens with zero attached hydrogens (tertiary/aromatic N) is 1. The summed E-state index contributed by atoms with van der Waals surface area (Å²) in [7, 11) is 0. The Morgan fingerprint density at radius 2 is 1.88 bits per heavy atom. The van der Waals surface area contributed by atoms with E-state index in [1.54, 1.807) is 0 Å². The van der Waals surface area contributed by atoms with Crippen LogP contribution in [0.1, 0.15) is 59.8 Å². The third-order valence-electron chi connectivity index (χ3n) is 4.63. The van der Waals surface area contributed by atoms with Crippen molar-refractivity contribution < 1.29 is 0 Å². The molecule has 0 radical (unpaired) electrons. The molecule has 0 heterocycles. The maximum Gasteiger partial charge on any atom is 0.0257 e. The summed E-state index contributed by atoms with van der Waals surface area (Å²) in [5, 5.41) is 3.73. The Bertz CT molecular complexity index is 245. The Hall–Kier alpha value is -0.0800. The van der Waals surface area contributed by atoms with Gasteiger partial charge in [0.25, 0.3) is 0 Å². The standard InChI is InChI=1S/C15H30N2/c1-5-16-13-9-10-15(3,4)11-14(13)17(6-2)12-7-8-12/h12-14,16H,5-11H2,1-4H3. The molecule has 1 N–H and O–H groups in total. The van der Waals surface area contributed by atoms with Crippen molar-refractivity contribution in [2.45, 2.75) is 77.9 Å². The molecule has 2 aliphatic rings. The molecular weight excluding hydrogens is 208 g/mol. The Balaban J connectivity index is 2.05. The van der Waals surface area contributed by atoms with Crippen molar-refractivity contribution in [3.63, 3.8) is 0 Å². The fourth-order valence-corrected chi connectivity index (χ4v) is 3.57. The number of nitrogens with one attached hydrogen (secondary N) is 1. The molecule has 0 amide bonds. The summed E-state index contributed by atoms with van der Waals surface area (Å²) in [5.41, 5.74) is 0.541. The first-order chi connectivity index (χ1) is 8.07. The molecule has 0 aromatic carbocycles. The fraction of sp³-hybridized carbons (Fsp3) is 1.00. The largest absolute Gasteiger partial charge is 0.313 e. The first-order valence-corrected chi connectivity index (χ1v) is 7.56. The minimum absolute atomic E-state index is 0.541. The van der Waals surface area contributed by atoms with Gasteiger partial charge in [0.05, 0.1) is 0 Å². The molecule has 2 aliphatic carbocycles. The van der Waals surface area contributed by atoms with Gasteiger partial charge < -0.3 is 5.32 Å². The van der Waals surface area contributed by atoms with E-state index in [1.165, 1.54) is 38.6 Å². The average Bonchev–Trinajstić information content (AvgIpc) is 3.07. The van der Waals surface area contributed by atoms with Crippen molar-refractivity contribution in [1.29, 1.82) is 0 Å². The van der Waals surface area contributed by atoms with Gasteiger partial charge in [-0.05, 0) is 50.6 Å². The summed E-state index contributed by atoms with van der Waals surface area (Å²) in [6.45, 7) is 11.8. The minimum Gasteiger partial charge on any atom is -0.313 e. The van der Waals surface area contributed by atoms with Crippen LogP contribution in [0.15, 0.2) is 0 Å². The summed E-state index contributed by atoms with van der Waals surface area (Å²) in [6, 6.07) is 2.41. The number of rotatable bonds is 5. The van der Waals surface area contributed by atoms with Gasteiger partial charge >= 0.3 is 0 Å². The van der Waals surface area contributed by atoms with Crippen molar-refractivity contribution in [2.24, 2.45) is 5.41 Å². The van der Waals surface area contributed by atoms with Crippen LogP contribution < -0.4 is 5.32 Å². The monoisotopic (exact) mass is 238 g/mol. The highest BCUT2D eigenvalue weighted by Gasteiger charge is 2.41. The summed E-state index contributed by atoms with van der Waals surface area (Å²) in [4.78, 5) is 2.79. The smallest absolute Gasteiger partial charge is 0.0257 e. The Morgan fingerprint density at radius 1 is 1.18 bits per heavy atom. The molecule has 17 heavy (non-hydrogen) atoms. The minimum atomic E-state index is 0.541. The van der Waals surface area contributed by atoms with Gasteiger partial charge in [-0.2, -0.15) is 0 Å². The molecule has 2 saturated carbocycles. The third kappa shape index (κ3) is 3.23. The molecule has 0 aliphatic heterocycles. The Labute approximate surface area is 107 Å². The van der Waals surface area contributed by atoms with E-state index in [4.69, 9.17) is 0 Å². The van der Waals surface area contributed by atoms with Crippen LogP contribution in [0.2, 0.25) is 0 Å². The topological polar surface area (TPSA) is 15.3 Å². The molecule has 2 fully saturated rings. The van der Waals surface area contributed by atoms with Gasteiger partial charge in [-0.3, -0.25) is 4.90 Å². The van der Waals surface area contributed by atoms with Gasteiger partial charge in [-0.15, -0.1) is 0 Å². The van der Waals surface area contributed by atoms with Gasteiger partial charge in [0.2, 0.25) is 0 Å². The molecule has 2 rings (SSSR count). The van der Waals surface area contributed by atoms with E-state index >= 15 is 0 Å². The number of hydrogen-bond donors (Lipinski definition) is 1. The summed E-state index contributed by atoms with van der Waals surface area (Å²) < 4.78 is 0. The highest BCUT2D eigenvalue weighted by molar-refractivity contribution is 4.98. The molecule has 0 spiro atoms. The van der Waals surface area contributed by atoms with Gasteiger partial charge in [-0.25, -0.2) is 0 Å². The first-order valence-electron chi connectivity index (χ1n) is 7.56. The zero-order chi connectivity index (χ0) is 12.5. The molecule has 0 saturated heterocycles. The first kappa shape index (κ1) is 13.4. The molecule has 2 atom stereocenters. The zero-order valence-corrected chi connectivity index (χ0v) is 12.1. The number of likely N-dealkylation sites (N-methyl/N-ethyl adjacent to an activating group) is 2. The normalized spacial score (nSPS) is 33.0. The van der Waals surface area contributed by atoms with E-state index in [0.29, 0.717) is 5.41 Å². The highest BCUT2D eigenvalue weighted by Crippen LogP contribution is 2.40. The third-order valence-corrected chi connectivity index (χ3v) is 4.63. The van der Waals surface area contributed by atoms with Crippen molar-refractivity contribution in [1.82, 2.24) is 10.2 Å². The molecule has 2 nitrogen and oxygen atoms in total. The summed E-state index contributed by atoms with van der Waals surface area (Å²) in [5.74, 6) is 0. The molecule has 100 valence electrons. The second-order valence-corrected chi connectivity index (χ2v) is 6.70. The van der Waals surface area contributed by atoms with E-state index in [2.05, 4.69) is 37.9 Å². The second-order valence-electron chi connectivity index (χ2n) is 6.70. The predicted molar refractivity (Wildman–Crippen MR) is 74.3 cm³/mol.